The van der Waals surface area contributed by atoms with Gasteiger partial charge in [0, 0.05) is 31.1 Å². The Kier molecular flexibility index (Phi) is 3.39. The van der Waals surface area contributed by atoms with E-state index in [0.717, 1.165) is 34.4 Å². The fraction of sp³-hybridized carbons (Fsp3) is 0.188. The summed E-state index contributed by atoms with van der Waals surface area (Å²) in [5.74, 6) is 0.949. The molecule has 102 valence electrons. The lowest BCUT2D eigenvalue weighted by atomic mass is 10.1. The molecule has 0 fully saturated rings. The largest absolute Gasteiger partial charge is 0.472 e. The molecule has 20 heavy (non-hydrogen) atoms. The van der Waals surface area contributed by atoms with Crippen LogP contribution < -0.4 is 10.6 Å². The molecule has 3 aromatic rings. The number of benzene rings is 1. The van der Waals surface area contributed by atoms with Crippen molar-refractivity contribution < 1.29 is 4.42 Å². The van der Waals surface area contributed by atoms with Gasteiger partial charge >= 0.3 is 0 Å². The van der Waals surface area contributed by atoms with Gasteiger partial charge in [-0.1, -0.05) is 24.3 Å². The molecule has 0 bridgehead atoms. The lowest BCUT2D eigenvalue weighted by molar-refractivity contribution is 0.563. The van der Waals surface area contributed by atoms with Crippen molar-refractivity contribution in [1.29, 1.82) is 0 Å². The van der Waals surface area contributed by atoms with Crippen LogP contribution in [0.2, 0.25) is 0 Å². The molecular formula is C16H17N3O. The first kappa shape index (κ1) is 12.7. The Morgan fingerprint density at radius 1 is 1.25 bits per heavy atom. The Hall–Kier alpha value is -2.33. The number of rotatable bonds is 4. The highest BCUT2D eigenvalue weighted by atomic mass is 16.3. The van der Waals surface area contributed by atoms with Crippen LogP contribution >= 0.6 is 0 Å². The third-order valence-electron chi connectivity index (χ3n) is 3.34. The van der Waals surface area contributed by atoms with Crippen LogP contribution in [-0.2, 0) is 13.1 Å². The Bertz CT molecular complexity index is 707. The molecule has 0 radical (unpaired) electrons. The SMILES string of the molecule is CN(Cc1ccoc1)c1nc(CN)cc2ccccc12. The van der Waals surface area contributed by atoms with Crippen LogP contribution in [0.1, 0.15) is 11.3 Å². The first-order valence-corrected chi connectivity index (χ1v) is 6.59. The van der Waals surface area contributed by atoms with Crippen LogP contribution in [0.5, 0.6) is 0 Å². The van der Waals surface area contributed by atoms with Crippen LogP contribution in [0, 0.1) is 0 Å². The smallest absolute Gasteiger partial charge is 0.136 e. The van der Waals surface area contributed by atoms with E-state index in [4.69, 9.17) is 10.2 Å². The van der Waals surface area contributed by atoms with Crippen LogP contribution in [0.25, 0.3) is 10.8 Å². The van der Waals surface area contributed by atoms with Crippen molar-refractivity contribution in [1.82, 2.24) is 4.98 Å². The number of nitrogens with zero attached hydrogens (tertiary/aromatic N) is 2. The van der Waals surface area contributed by atoms with Crippen molar-refractivity contribution in [2.45, 2.75) is 13.1 Å². The summed E-state index contributed by atoms with van der Waals surface area (Å²) in [4.78, 5) is 6.79. The molecule has 0 unspecified atom stereocenters. The van der Waals surface area contributed by atoms with Crippen LogP contribution in [0.3, 0.4) is 0 Å². The molecule has 0 amide bonds. The maximum atomic E-state index is 5.75. The summed E-state index contributed by atoms with van der Waals surface area (Å²) in [7, 11) is 2.03. The molecule has 0 atom stereocenters. The molecular weight excluding hydrogens is 250 g/mol. The quantitative estimate of drug-likeness (QED) is 0.789. The first-order valence-electron chi connectivity index (χ1n) is 6.59. The van der Waals surface area contributed by atoms with Gasteiger partial charge in [0.2, 0.25) is 0 Å². The van der Waals surface area contributed by atoms with Crippen molar-refractivity contribution in [2.24, 2.45) is 5.73 Å². The average molecular weight is 267 g/mol. The number of aromatic nitrogens is 1. The number of furan rings is 1. The van der Waals surface area contributed by atoms with E-state index >= 15 is 0 Å². The summed E-state index contributed by atoms with van der Waals surface area (Å²) in [5, 5.41) is 2.30. The second-order valence-electron chi connectivity index (χ2n) is 4.85. The van der Waals surface area contributed by atoms with Crippen molar-refractivity contribution in [2.75, 3.05) is 11.9 Å². The number of fused-ring (bicyclic) bond motifs is 1. The van der Waals surface area contributed by atoms with Gasteiger partial charge in [-0.3, -0.25) is 0 Å². The maximum Gasteiger partial charge on any atom is 0.136 e. The Balaban J connectivity index is 2.04. The van der Waals surface area contributed by atoms with Gasteiger partial charge < -0.3 is 15.1 Å². The van der Waals surface area contributed by atoms with Crippen LogP contribution in [0.15, 0.2) is 53.3 Å². The topological polar surface area (TPSA) is 55.3 Å². The standard InChI is InChI=1S/C16H17N3O/c1-19(10-12-6-7-20-11-12)16-15-5-3-2-4-13(15)8-14(9-17)18-16/h2-8,11H,9-10,17H2,1H3. The van der Waals surface area contributed by atoms with Gasteiger partial charge in [0.1, 0.15) is 5.82 Å². The number of hydrogen-bond acceptors (Lipinski definition) is 4. The van der Waals surface area contributed by atoms with Gasteiger partial charge in [-0.2, -0.15) is 0 Å². The van der Waals surface area contributed by atoms with Gasteiger partial charge in [0.05, 0.1) is 18.2 Å². The third kappa shape index (κ3) is 2.38. The molecule has 0 spiro atoms. The molecule has 4 heteroatoms. The molecule has 3 rings (SSSR count). The fourth-order valence-electron chi connectivity index (χ4n) is 2.36. The minimum atomic E-state index is 0.442. The highest BCUT2D eigenvalue weighted by molar-refractivity contribution is 5.92. The fourth-order valence-corrected chi connectivity index (χ4v) is 2.36. The van der Waals surface area contributed by atoms with E-state index < -0.39 is 0 Å². The first-order chi connectivity index (χ1) is 9.78. The normalized spacial score (nSPS) is 10.9. The molecule has 0 aliphatic rings. The summed E-state index contributed by atoms with van der Waals surface area (Å²) >= 11 is 0. The number of nitrogens with two attached hydrogens (primary N) is 1. The molecule has 0 aliphatic carbocycles. The summed E-state index contributed by atoms with van der Waals surface area (Å²) in [6.45, 7) is 1.19. The summed E-state index contributed by atoms with van der Waals surface area (Å²) in [6, 6.07) is 12.2. The predicted octanol–water partition coefficient (Wildman–Crippen LogP) is 2.92. The second-order valence-corrected chi connectivity index (χ2v) is 4.85. The van der Waals surface area contributed by atoms with Crippen molar-refractivity contribution in [3.63, 3.8) is 0 Å². The van der Waals surface area contributed by atoms with Gasteiger partial charge in [-0.25, -0.2) is 4.98 Å². The van der Waals surface area contributed by atoms with Crippen molar-refractivity contribution in [3.05, 3.63) is 60.2 Å². The van der Waals surface area contributed by atoms with E-state index in [1.54, 1.807) is 12.5 Å². The molecule has 0 aliphatic heterocycles. The lowest BCUT2D eigenvalue weighted by Crippen LogP contribution is -2.18. The van der Waals surface area contributed by atoms with Gasteiger partial charge in [0.25, 0.3) is 0 Å². The number of anilines is 1. The molecule has 0 saturated carbocycles. The highest BCUT2D eigenvalue weighted by Gasteiger charge is 2.10. The van der Waals surface area contributed by atoms with E-state index in [2.05, 4.69) is 22.0 Å². The van der Waals surface area contributed by atoms with E-state index in [0.29, 0.717) is 6.54 Å². The molecule has 2 N–H and O–H groups in total. The van der Waals surface area contributed by atoms with E-state index in [1.807, 2.05) is 31.3 Å². The predicted molar refractivity (Wildman–Crippen MR) is 80.4 cm³/mol. The summed E-state index contributed by atoms with van der Waals surface area (Å²) in [5.41, 5.74) is 7.77. The minimum Gasteiger partial charge on any atom is -0.472 e. The van der Waals surface area contributed by atoms with Crippen molar-refractivity contribution in [3.8, 4) is 0 Å². The van der Waals surface area contributed by atoms with Crippen LogP contribution in [0.4, 0.5) is 5.82 Å². The Morgan fingerprint density at radius 3 is 2.85 bits per heavy atom. The molecule has 1 aromatic carbocycles. The number of pyridine rings is 1. The van der Waals surface area contributed by atoms with Crippen molar-refractivity contribution >= 4 is 16.6 Å². The van der Waals surface area contributed by atoms with E-state index in [1.165, 1.54) is 0 Å². The second kappa shape index (κ2) is 5.35. The average Bonchev–Trinajstić information content (AvgIpc) is 2.98. The van der Waals surface area contributed by atoms with Gasteiger partial charge in [-0.15, -0.1) is 0 Å². The molecule has 2 heterocycles. The zero-order chi connectivity index (χ0) is 13.9. The molecule has 0 saturated heterocycles. The van der Waals surface area contributed by atoms with E-state index in [-0.39, 0.29) is 0 Å². The zero-order valence-corrected chi connectivity index (χ0v) is 11.4. The minimum absolute atomic E-state index is 0.442. The highest BCUT2D eigenvalue weighted by Crippen LogP contribution is 2.26. The van der Waals surface area contributed by atoms with Crippen LogP contribution in [-0.4, -0.2) is 12.0 Å². The van der Waals surface area contributed by atoms with Gasteiger partial charge in [0.15, 0.2) is 0 Å². The lowest BCUT2D eigenvalue weighted by Gasteiger charge is -2.20. The Morgan fingerprint density at radius 2 is 2.10 bits per heavy atom. The molecule has 2 aromatic heterocycles. The third-order valence-corrected chi connectivity index (χ3v) is 3.34. The zero-order valence-electron chi connectivity index (χ0n) is 11.4. The summed E-state index contributed by atoms with van der Waals surface area (Å²) in [6.07, 6.45) is 3.44. The molecule has 4 nitrogen and oxygen atoms in total. The van der Waals surface area contributed by atoms with E-state index in [9.17, 15) is 0 Å². The summed E-state index contributed by atoms with van der Waals surface area (Å²) < 4.78 is 5.12. The Labute approximate surface area is 117 Å². The number of hydrogen-bond donors (Lipinski definition) is 1. The monoisotopic (exact) mass is 267 g/mol. The van der Waals surface area contributed by atoms with Gasteiger partial charge in [-0.05, 0) is 17.5 Å². The maximum absolute atomic E-state index is 5.75.